The molecular weight excluding hydrogens is 482 g/mol. The third-order valence-corrected chi connectivity index (χ3v) is 7.69. The largest absolute Gasteiger partial charge is 0.497 e. The van der Waals surface area contributed by atoms with Gasteiger partial charge in [0.1, 0.15) is 11.5 Å². The third kappa shape index (κ3) is 5.23. The Hall–Kier alpha value is -3.71. The first-order chi connectivity index (χ1) is 18.1. The van der Waals surface area contributed by atoms with Crippen molar-refractivity contribution < 1.29 is 14.3 Å². The number of amides is 1. The molecule has 0 spiro atoms. The highest BCUT2D eigenvalue weighted by molar-refractivity contribution is 8.00. The lowest BCUT2D eigenvalue weighted by molar-refractivity contribution is -0.130. The van der Waals surface area contributed by atoms with E-state index in [2.05, 4.69) is 42.0 Å². The van der Waals surface area contributed by atoms with Crippen molar-refractivity contribution in [1.82, 2.24) is 9.58 Å². The van der Waals surface area contributed by atoms with Gasteiger partial charge in [0.05, 0.1) is 31.7 Å². The Morgan fingerprint density at radius 3 is 2.32 bits per heavy atom. The Balaban J connectivity index is 1.40. The summed E-state index contributed by atoms with van der Waals surface area (Å²) in [7, 11) is 3.31. The van der Waals surface area contributed by atoms with Gasteiger partial charge in [-0.1, -0.05) is 37.3 Å². The van der Waals surface area contributed by atoms with Gasteiger partial charge in [0.2, 0.25) is 0 Å². The van der Waals surface area contributed by atoms with Gasteiger partial charge in [-0.2, -0.15) is 5.10 Å². The lowest BCUT2D eigenvalue weighted by Crippen LogP contribution is -2.28. The number of hydrazone groups is 1. The maximum atomic E-state index is 13.6. The predicted octanol–water partition coefficient (Wildman–Crippen LogP) is 6.54. The molecule has 6 nitrogen and oxygen atoms in total. The maximum absolute atomic E-state index is 13.6. The average Bonchev–Trinajstić information content (AvgIpc) is 3.55. The summed E-state index contributed by atoms with van der Waals surface area (Å²) in [4.78, 5) is 14.7. The number of aromatic nitrogens is 1. The van der Waals surface area contributed by atoms with Gasteiger partial charge >= 0.3 is 0 Å². The molecule has 1 aromatic heterocycles. The summed E-state index contributed by atoms with van der Waals surface area (Å²) in [6, 6.07) is 23.9. The number of rotatable bonds is 9. The molecule has 0 fully saturated rings. The highest BCUT2D eigenvalue weighted by Gasteiger charge is 2.33. The van der Waals surface area contributed by atoms with Crippen LogP contribution in [0.4, 0.5) is 0 Å². The first kappa shape index (κ1) is 25.0. The summed E-state index contributed by atoms with van der Waals surface area (Å²) in [5.74, 6) is 1.88. The van der Waals surface area contributed by atoms with Gasteiger partial charge in [-0.25, -0.2) is 5.01 Å². The van der Waals surface area contributed by atoms with Crippen molar-refractivity contribution in [2.75, 3.05) is 20.0 Å². The van der Waals surface area contributed by atoms with Gasteiger partial charge in [-0.3, -0.25) is 4.79 Å². The number of hydrogen-bond acceptors (Lipinski definition) is 5. The van der Waals surface area contributed by atoms with E-state index in [1.54, 1.807) is 31.0 Å². The van der Waals surface area contributed by atoms with Gasteiger partial charge in [0.15, 0.2) is 0 Å². The van der Waals surface area contributed by atoms with Crippen LogP contribution in [-0.4, -0.2) is 41.2 Å². The highest BCUT2D eigenvalue weighted by atomic mass is 32.2. The van der Waals surface area contributed by atoms with Gasteiger partial charge in [0.25, 0.3) is 5.91 Å². The quantitative estimate of drug-likeness (QED) is 0.239. The summed E-state index contributed by atoms with van der Waals surface area (Å²) in [6.45, 7) is 3.13. The summed E-state index contributed by atoms with van der Waals surface area (Å²) >= 11 is 1.58. The number of aryl methyl sites for hydroxylation is 1. The topological polar surface area (TPSA) is 56.1 Å². The molecule has 2 heterocycles. The summed E-state index contributed by atoms with van der Waals surface area (Å²) < 4.78 is 12.9. The molecule has 0 saturated heterocycles. The average molecular weight is 514 g/mol. The number of thioether (sulfide) groups is 1. The zero-order chi connectivity index (χ0) is 25.8. The summed E-state index contributed by atoms with van der Waals surface area (Å²) in [5.41, 5.74) is 4.12. The number of carbonyl (C=O) groups excluding carboxylic acids is 1. The van der Waals surface area contributed by atoms with E-state index in [4.69, 9.17) is 14.6 Å². The molecule has 0 N–H and O–H groups in total. The summed E-state index contributed by atoms with van der Waals surface area (Å²) in [6.07, 6.45) is 3.87. The van der Waals surface area contributed by atoms with Gasteiger partial charge in [-0.15, -0.1) is 11.8 Å². The Labute approximate surface area is 221 Å². The number of benzene rings is 3. The number of fused-ring (bicyclic) bond motifs is 1. The number of hydrogen-bond donors (Lipinski definition) is 0. The van der Waals surface area contributed by atoms with Gasteiger partial charge < -0.3 is 14.0 Å². The maximum Gasteiger partial charge on any atom is 0.253 e. The number of nitrogens with zero attached hydrogens (tertiary/aromatic N) is 3. The molecule has 0 radical (unpaired) electrons. The van der Waals surface area contributed by atoms with Crippen molar-refractivity contribution in [2.45, 2.75) is 37.2 Å². The second-order valence-corrected chi connectivity index (χ2v) is 10.0. The van der Waals surface area contributed by atoms with Crippen LogP contribution in [0.2, 0.25) is 0 Å². The Morgan fingerprint density at radius 1 is 0.973 bits per heavy atom. The minimum Gasteiger partial charge on any atom is -0.497 e. The van der Waals surface area contributed by atoms with Crippen LogP contribution in [0.1, 0.15) is 36.9 Å². The van der Waals surface area contributed by atoms with Crippen LogP contribution in [0.3, 0.4) is 0 Å². The van der Waals surface area contributed by atoms with Crippen molar-refractivity contribution in [1.29, 1.82) is 0 Å². The Morgan fingerprint density at radius 2 is 1.65 bits per heavy atom. The fourth-order valence-corrected chi connectivity index (χ4v) is 5.68. The lowest BCUT2D eigenvalue weighted by Gasteiger charge is -2.22. The fraction of sp³-hybridized carbons (Fsp3) is 0.267. The highest BCUT2D eigenvalue weighted by Crippen LogP contribution is 2.36. The molecule has 3 aromatic carbocycles. The minimum atomic E-state index is -0.169. The first-order valence-corrected chi connectivity index (χ1v) is 13.5. The molecule has 0 bridgehead atoms. The van der Waals surface area contributed by atoms with Crippen LogP contribution in [0.5, 0.6) is 11.5 Å². The van der Waals surface area contributed by atoms with Crippen LogP contribution < -0.4 is 9.47 Å². The molecule has 0 aliphatic carbocycles. The van der Waals surface area contributed by atoms with Crippen molar-refractivity contribution in [3.63, 3.8) is 0 Å². The van der Waals surface area contributed by atoms with E-state index in [0.717, 1.165) is 46.2 Å². The van der Waals surface area contributed by atoms with Crippen molar-refractivity contribution in [2.24, 2.45) is 5.10 Å². The van der Waals surface area contributed by atoms with E-state index < -0.39 is 0 Å². The SMILES string of the molecule is CCCn1cc(SCC(=O)N2N=C(c3ccc(OC)cc3)CC2c2ccc(OC)cc2)c2ccccc21. The molecule has 37 heavy (non-hydrogen) atoms. The molecule has 1 amide bonds. The predicted molar refractivity (Wildman–Crippen MR) is 150 cm³/mol. The monoisotopic (exact) mass is 513 g/mol. The van der Waals surface area contributed by atoms with Gasteiger partial charge in [0, 0.05) is 35.0 Å². The van der Waals surface area contributed by atoms with E-state index in [9.17, 15) is 4.79 Å². The Kier molecular flexibility index (Phi) is 7.51. The van der Waals surface area contributed by atoms with E-state index >= 15 is 0 Å². The molecule has 0 saturated carbocycles. The number of ether oxygens (including phenoxy) is 2. The molecule has 1 aliphatic heterocycles. The zero-order valence-electron chi connectivity index (χ0n) is 21.4. The molecule has 1 unspecified atom stereocenters. The van der Waals surface area contributed by atoms with Crippen LogP contribution in [0, 0.1) is 0 Å². The molecule has 5 rings (SSSR count). The van der Waals surface area contributed by atoms with Crippen LogP contribution in [0.25, 0.3) is 10.9 Å². The standard InChI is InChI=1S/C30H31N3O3S/c1-4-17-32-19-29(25-7-5-6-8-27(25)32)37-20-30(34)33-28(22-11-15-24(36-3)16-12-22)18-26(31-33)21-9-13-23(35-2)14-10-21/h5-16,19,28H,4,17-18,20H2,1-3H3. The number of methoxy groups -OCH3 is 2. The van der Waals surface area contributed by atoms with Crippen LogP contribution in [0.15, 0.2) is 89.0 Å². The van der Waals surface area contributed by atoms with E-state index in [1.165, 1.54) is 10.9 Å². The molecule has 7 heteroatoms. The van der Waals surface area contributed by atoms with E-state index in [0.29, 0.717) is 12.2 Å². The first-order valence-electron chi connectivity index (χ1n) is 12.5. The smallest absolute Gasteiger partial charge is 0.253 e. The summed E-state index contributed by atoms with van der Waals surface area (Å²) in [5, 5.41) is 7.68. The second-order valence-electron chi connectivity index (χ2n) is 9.00. The second kappa shape index (κ2) is 11.1. The molecule has 1 aliphatic rings. The Bertz CT molecular complexity index is 1410. The van der Waals surface area contributed by atoms with Crippen molar-refractivity contribution in [3.05, 3.63) is 90.1 Å². The minimum absolute atomic E-state index is 0.0124. The van der Waals surface area contributed by atoms with Crippen LogP contribution in [-0.2, 0) is 11.3 Å². The van der Waals surface area contributed by atoms with Crippen molar-refractivity contribution >= 4 is 34.3 Å². The van der Waals surface area contributed by atoms with Crippen molar-refractivity contribution in [3.8, 4) is 11.5 Å². The lowest BCUT2D eigenvalue weighted by atomic mass is 9.98. The molecule has 1 atom stereocenters. The van der Waals surface area contributed by atoms with Gasteiger partial charge in [-0.05, 0) is 60.0 Å². The zero-order valence-corrected chi connectivity index (χ0v) is 22.2. The number of carbonyl (C=O) groups is 1. The third-order valence-electron chi connectivity index (χ3n) is 6.66. The van der Waals surface area contributed by atoms with Crippen LogP contribution >= 0.6 is 11.8 Å². The molecular formula is C30H31N3O3S. The number of para-hydroxylation sites is 1. The van der Waals surface area contributed by atoms with E-state index in [1.807, 2.05) is 48.5 Å². The normalized spacial score (nSPS) is 15.2. The van der Waals surface area contributed by atoms with E-state index in [-0.39, 0.29) is 11.9 Å². The molecule has 4 aromatic rings. The molecule has 190 valence electrons. The fourth-order valence-electron chi connectivity index (χ4n) is 4.74.